The molecular weight excluding hydrogens is 442 g/mol. The highest BCUT2D eigenvalue weighted by molar-refractivity contribution is 8.13. The summed E-state index contributed by atoms with van der Waals surface area (Å²) in [6.07, 6.45) is 1.73. The highest BCUT2D eigenvalue weighted by atomic mass is 35.5. The van der Waals surface area contributed by atoms with Crippen LogP contribution in [0.2, 0.25) is 10.0 Å². The zero-order chi connectivity index (χ0) is 21.1. The van der Waals surface area contributed by atoms with Crippen molar-refractivity contribution in [2.24, 2.45) is 4.99 Å². The molecule has 0 saturated carbocycles. The first kappa shape index (κ1) is 20.7. The van der Waals surface area contributed by atoms with Crippen molar-refractivity contribution < 1.29 is 9.18 Å². The Morgan fingerprint density at radius 3 is 2.27 bits per heavy atom. The summed E-state index contributed by atoms with van der Waals surface area (Å²) >= 11 is 13.9. The van der Waals surface area contributed by atoms with Crippen LogP contribution < -0.4 is 4.90 Å². The maximum absolute atomic E-state index is 13.4. The highest BCUT2D eigenvalue weighted by Gasteiger charge is 2.32. The maximum Gasteiger partial charge on any atom is 0.283 e. The van der Waals surface area contributed by atoms with Crippen LogP contribution in [-0.2, 0) is 10.5 Å². The van der Waals surface area contributed by atoms with E-state index in [9.17, 15) is 9.18 Å². The van der Waals surface area contributed by atoms with E-state index in [0.29, 0.717) is 32.4 Å². The number of amides is 1. The van der Waals surface area contributed by atoms with E-state index in [4.69, 9.17) is 23.2 Å². The van der Waals surface area contributed by atoms with Crippen molar-refractivity contribution in [2.75, 3.05) is 4.90 Å². The molecule has 1 heterocycles. The van der Waals surface area contributed by atoms with E-state index in [1.165, 1.54) is 28.8 Å². The number of carbonyl (C=O) groups excluding carboxylic acids is 1. The van der Waals surface area contributed by atoms with Crippen LogP contribution in [0.4, 0.5) is 10.1 Å². The standard InChI is InChI=1S/C23H15Cl2FN2OS/c24-19-7-4-8-20(25)18(19)14-30-23-27-21(13-15-5-2-1-3-6-15)22(29)28(23)17-11-9-16(26)10-12-17/h1-13H,14H2. The van der Waals surface area contributed by atoms with E-state index in [-0.39, 0.29) is 11.7 Å². The van der Waals surface area contributed by atoms with E-state index < -0.39 is 0 Å². The third-order valence-corrected chi connectivity index (χ3v) is 6.10. The van der Waals surface area contributed by atoms with Gasteiger partial charge in [0, 0.05) is 15.8 Å². The second kappa shape index (κ2) is 9.04. The summed E-state index contributed by atoms with van der Waals surface area (Å²) < 4.78 is 13.4. The van der Waals surface area contributed by atoms with E-state index in [0.717, 1.165) is 11.1 Å². The lowest BCUT2D eigenvalue weighted by atomic mass is 10.2. The highest BCUT2D eigenvalue weighted by Crippen LogP contribution is 2.34. The van der Waals surface area contributed by atoms with E-state index in [1.807, 2.05) is 30.3 Å². The number of rotatable bonds is 4. The second-order valence-electron chi connectivity index (χ2n) is 6.44. The zero-order valence-corrected chi connectivity index (χ0v) is 17.9. The van der Waals surface area contributed by atoms with E-state index in [2.05, 4.69) is 4.99 Å². The topological polar surface area (TPSA) is 32.7 Å². The van der Waals surface area contributed by atoms with Gasteiger partial charge in [0.15, 0.2) is 5.17 Å². The molecule has 0 radical (unpaired) electrons. The Hall–Kier alpha value is -2.60. The van der Waals surface area contributed by atoms with Crippen LogP contribution in [0, 0.1) is 5.82 Å². The van der Waals surface area contributed by atoms with E-state index in [1.54, 1.807) is 36.4 Å². The van der Waals surface area contributed by atoms with Gasteiger partial charge in [-0.1, -0.05) is 71.4 Å². The fourth-order valence-electron chi connectivity index (χ4n) is 2.93. The van der Waals surface area contributed by atoms with Gasteiger partial charge >= 0.3 is 0 Å². The Kier molecular flexibility index (Phi) is 6.23. The smallest absolute Gasteiger partial charge is 0.266 e. The lowest BCUT2D eigenvalue weighted by molar-refractivity contribution is -0.113. The first-order chi connectivity index (χ1) is 14.5. The lowest BCUT2D eigenvalue weighted by Crippen LogP contribution is -2.30. The summed E-state index contributed by atoms with van der Waals surface area (Å²) in [4.78, 5) is 19.2. The van der Waals surface area contributed by atoms with Crippen molar-refractivity contribution in [3.05, 3.63) is 105 Å². The number of benzene rings is 3. The maximum atomic E-state index is 13.4. The summed E-state index contributed by atoms with van der Waals surface area (Å²) in [5, 5.41) is 1.58. The molecule has 1 aliphatic rings. The number of halogens is 3. The third-order valence-electron chi connectivity index (χ3n) is 4.42. The molecule has 3 nitrogen and oxygen atoms in total. The first-order valence-electron chi connectivity index (χ1n) is 9.04. The van der Waals surface area contributed by atoms with Gasteiger partial charge in [-0.2, -0.15) is 0 Å². The average molecular weight is 457 g/mol. The minimum absolute atomic E-state index is 0.279. The molecule has 0 fully saturated rings. The molecule has 4 rings (SSSR count). The Morgan fingerprint density at radius 1 is 0.933 bits per heavy atom. The molecule has 3 aromatic rings. The van der Waals surface area contributed by atoms with Gasteiger partial charge < -0.3 is 0 Å². The second-order valence-corrected chi connectivity index (χ2v) is 8.20. The van der Waals surface area contributed by atoms with Crippen molar-refractivity contribution in [2.45, 2.75) is 5.75 Å². The molecule has 0 unspecified atom stereocenters. The molecule has 1 aliphatic heterocycles. The van der Waals surface area contributed by atoms with Gasteiger partial charge in [-0.25, -0.2) is 9.38 Å². The number of aliphatic imine (C=N–C) groups is 1. The Labute approximate surface area is 187 Å². The van der Waals surface area contributed by atoms with Crippen LogP contribution in [0.3, 0.4) is 0 Å². The molecule has 0 saturated heterocycles. The van der Waals surface area contributed by atoms with E-state index >= 15 is 0 Å². The molecule has 0 bridgehead atoms. The normalized spacial score (nSPS) is 15.0. The first-order valence-corrected chi connectivity index (χ1v) is 10.8. The molecular formula is C23H15Cl2FN2OS. The summed E-state index contributed by atoms with van der Waals surface area (Å²) in [5.74, 6) is -0.223. The van der Waals surface area contributed by atoms with Crippen molar-refractivity contribution in [1.82, 2.24) is 0 Å². The molecule has 0 atom stereocenters. The number of hydrogen-bond donors (Lipinski definition) is 0. The molecule has 150 valence electrons. The lowest BCUT2D eigenvalue weighted by Gasteiger charge is -2.18. The number of amidine groups is 1. The van der Waals surface area contributed by atoms with Gasteiger partial charge in [0.2, 0.25) is 0 Å². The Morgan fingerprint density at radius 2 is 1.60 bits per heavy atom. The molecule has 0 aliphatic carbocycles. The van der Waals surface area contributed by atoms with Crippen molar-refractivity contribution >= 4 is 57.8 Å². The van der Waals surface area contributed by atoms with Gasteiger partial charge in [-0.3, -0.25) is 9.69 Å². The van der Waals surface area contributed by atoms with Gasteiger partial charge in [0.25, 0.3) is 5.91 Å². The van der Waals surface area contributed by atoms with Gasteiger partial charge in [-0.05, 0) is 53.6 Å². The number of carbonyl (C=O) groups is 1. The molecule has 0 spiro atoms. The fourth-order valence-corrected chi connectivity index (χ4v) is 4.68. The van der Waals surface area contributed by atoms with Crippen molar-refractivity contribution in [1.29, 1.82) is 0 Å². The van der Waals surface area contributed by atoms with Crippen LogP contribution in [0.15, 0.2) is 83.5 Å². The number of nitrogens with zero attached hydrogens (tertiary/aromatic N) is 2. The monoisotopic (exact) mass is 456 g/mol. The van der Waals surface area contributed by atoms with Gasteiger partial charge in [-0.15, -0.1) is 0 Å². The molecule has 1 amide bonds. The van der Waals surface area contributed by atoms with Crippen LogP contribution >= 0.6 is 35.0 Å². The summed E-state index contributed by atoms with van der Waals surface area (Å²) in [6, 6.07) is 20.5. The Bertz CT molecular complexity index is 1130. The largest absolute Gasteiger partial charge is 0.283 e. The summed E-state index contributed by atoms with van der Waals surface area (Å²) in [6.45, 7) is 0. The predicted molar refractivity (Wildman–Crippen MR) is 123 cm³/mol. The zero-order valence-electron chi connectivity index (χ0n) is 15.6. The van der Waals surface area contributed by atoms with Crippen LogP contribution in [0.5, 0.6) is 0 Å². The predicted octanol–water partition coefficient (Wildman–Crippen LogP) is 6.81. The van der Waals surface area contributed by atoms with Crippen LogP contribution in [0.25, 0.3) is 6.08 Å². The molecule has 3 aromatic carbocycles. The molecule has 0 N–H and O–H groups in total. The van der Waals surface area contributed by atoms with Gasteiger partial charge in [0.05, 0.1) is 5.69 Å². The SMILES string of the molecule is O=C1C(=Cc2ccccc2)N=C(SCc2c(Cl)cccc2Cl)N1c1ccc(F)cc1. The minimum atomic E-state index is -0.376. The number of anilines is 1. The average Bonchev–Trinajstić information content (AvgIpc) is 3.04. The Balaban J connectivity index is 1.69. The summed E-state index contributed by atoms with van der Waals surface area (Å²) in [7, 11) is 0. The minimum Gasteiger partial charge on any atom is -0.266 e. The third kappa shape index (κ3) is 4.43. The van der Waals surface area contributed by atoms with Crippen molar-refractivity contribution in [3.63, 3.8) is 0 Å². The molecule has 7 heteroatoms. The fraction of sp³-hybridized carbons (Fsp3) is 0.0435. The summed E-state index contributed by atoms with van der Waals surface area (Å²) in [5.41, 5.74) is 2.47. The van der Waals surface area contributed by atoms with Crippen molar-refractivity contribution in [3.8, 4) is 0 Å². The number of hydrogen-bond acceptors (Lipinski definition) is 3. The van der Waals surface area contributed by atoms with Crippen LogP contribution in [-0.4, -0.2) is 11.1 Å². The van der Waals surface area contributed by atoms with Crippen LogP contribution in [0.1, 0.15) is 11.1 Å². The molecule has 30 heavy (non-hydrogen) atoms. The number of thioether (sulfide) groups is 1. The van der Waals surface area contributed by atoms with Gasteiger partial charge in [0.1, 0.15) is 11.5 Å². The quantitative estimate of drug-likeness (QED) is 0.403. The molecule has 0 aromatic heterocycles.